The van der Waals surface area contributed by atoms with E-state index in [9.17, 15) is 13.7 Å². The molecule has 7 heteroatoms. The third kappa shape index (κ3) is 5.07. The summed E-state index contributed by atoms with van der Waals surface area (Å²) in [5, 5.41) is 12.6. The second-order valence-electron chi connectivity index (χ2n) is 5.68. The Kier molecular flexibility index (Phi) is 5.33. The van der Waals surface area contributed by atoms with Crippen LogP contribution in [-0.4, -0.2) is 68.2 Å². The minimum atomic E-state index is -3.09. The number of nitrogens with one attached hydrogen (secondary N) is 1. The zero-order chi connectivity index (χ0) is 14.7. The molecule has 0 aromatic rings. The van der Waals surface area contributed by atoms with Gasteiger partial charge in [-0.25, -0.2) is 8.42 Å². The van der Waals surface area contributed by atoms with Gasteiger partial charge < -0.3 is 0 Å². The van der Waals surface area contributed by atoms with Crippen LogP contribution >= 0.6 is 0 Å². The predicted molar refractivity (Wildman–Crippen MR) is 75.1 cm³/mol. The second kappa shape index (κ2) is 6.18. The van der Waals surface area contributed by atoms with E-state index in [4.69, 9.17) is 0 Å². The van der Waals surface area contributed by atoms with Crippen LogP contribution in [0.3, 0.4) is 0 Å². The van der Waals surface area contributed by atoms with Gasteiger partial charge in [-0.1, -0.05) is 0 Å². The molecule has 1 aliphatic rings. The largest absolute Gasteiger partial charge is 0.298 e. The molecule has 0 aliphatic carbocycles. The van der Waals surface area contributed by atoms with Crippen LogP contribution in [0.1, 0.15) is 20.8 Å². The van der Waals surface area contributed by atoms with Gasteiger partial charge >= 0.3 is 0 Å². The SMILES string of the molecule is CC(C)NC(C)(C#N)CN1CCN(S(C)(=O)=O)CC1. The summed E-state index contributed by atoms with van der Waals surface area (Å²) in [6.45, 7) is 8.86. The maximum atomic E-state index is 11.4. The van der Waals surface area contributed by atoms with Gasteiger partial charge in [-0.3, -0.25) is 10.2 Å². The first-order chi connectivity index (χ1) is 8.66. The zero-order valence-corrected chi connectivity index (χ0v) is 13.0. The molecule has 1 atom stereocenters. The van der Waals surface area contributed by atoms with Crippen molar-refractivity contribution >= 4 is 10.0 Å². The Morgan fingerprint density at radius 3 is 2.21 bits per heavy atom. The number of piperazine rings is 1. The third-order valence-corrected chi connectivity index (χ3v) is 4.50. The summed E-state index contributed by atoms with van der Waals surface area (Å²) in [5.74, 6) is 0. The second-order valence-corrected chi connectivity index (χ2v) is 7.66. The fourth-order valence-electron chi connectivity index (χ4n) is 2.42. The van der Waals surface area contributed by atoms with Gasteiger partial charge in [0.15, 0.2) is 0 Å². The van der Waals surface area contributed by atoms with Crippen LogP contribution in [0.4, 0.5) is 0 Å². The van der Waals surface area contributed by atoms with Gasteiger partial charge in [-0.2, -0.15) is 9.57 Å². The highest BCUT2D eigenvalue weighted by atomic mass is 32.2. The molecular weight excluding hydrogens is 264 g/mol. The van der Waals surface area contributed by atoms with Crippen LogP contribution in [0.15, 0.2) is 0 Å². The Morgan fingerprint density at radius 2 is 1.84 bits per heavy atom. The molecule has 19 heavy (non-hydrogen) atoms. The van der Waals surface area contributed by atoms with Crippen LogP contribution < -0.4 is 5.32 Å². The molecule has 0 aromatic heterocycles. The van der Waals surface area contributed by atoms with Gasteiger partial charge in [-0.05, 0) is 20.8 Å². The van der Waals surface area contributed by atoms with Crippen molar-refractivity contribution < 1.29 is 8.42 Å². The Morgan fingerprint density at radius 1 is 1.32 bits per heavy atom. The van der Waals surface area contributed by atoms with E-state index in [1.54, 1.807) is 0 Å². The number of hydrogen-bond donors (Lipinski definition) is 1. The standard InChI is InChI=1S/C12H24N4O2S/c1-11(2)14-12(3,9-13)10-15-5-7-16(8-6-15)19(4,17)18/h11,14H,5-8,10H2,1-4H3. The number of rotatable bonds is 5. The molecule has 1 fully saturated rings. The predicted octanol–water partition coefficient (Wildman–Crippen LogP) is -0.156. The monoisotopic (exact) mass is 288 g/mol. The average Bonchev–Trinajstić information content (AvgIpc) is 2.27. The summed E-state index contributed by atoms with van der Waals surface area (Å²) < 4.78 is 24.3. The number of nitriles is 1. The van der Waals surface area contributed by atoms with Crippen molar-refractivity contribution in [2.45, 2.75) is 32.4 Å². The normalized spacial score (nSPS) is 22.1. The lowest BCUT2D eigenvalue weighted by molar-refractivity contribution is 0.157. The third-order valence-electron chi connectivity index (χ3n) is 3.19. The van der Waals surface area contributed by atoms with Crippen LogP contribution in [-0.2, 0) is 10.0 Å². The molecule has 6 nitrogen and oxygen atoms in total. The Bertz CT molecular complexity index is 435. The van der Waals surface area contributed by atoms with Crippen molar-refractivity contribution in [1.82, 2.24) is 14.5 Å². The molecule has 0 bridgehead atoms. The maximum Gasteiger partial charge on any atom is 0.211 e. The van der Waals surface area contributed by atoms with E-state index in [0.29, 0.717) is 32.7 Å². The van der Waals surface area contributed by atoms with E-state index in [2.05, 4.69) is 16.3 Å². The van der Waals surface area contributed by atoms with Crippen LogP contribution in [0.25, 0.3) is 0 Å². The van der Waals surface area contributed by atoms with E-state index in [1.165, 1.54) is 10.6 Å². The summed E-state index contributed by atoms with van der Waals surface area (Å²) in [6, 6.07) is 2.55. The quantitative estimate of drug-likeness (QED) is 0.761. The topological polar surface area (TPSA) is 76.4 Å². The Balaban J connectivity index is 2.55. The van der Waals surface area contributed by atoms with Gasteiger partial charge in [0.05, 0.1) is 12.3 Å². The van der Waals surface area contributed by atoms with E-state index >= 15 is 0 Å². The minimum Gasteiger partial charge on any atom is -0.298 e. The molecule has 1 rings (SSSR count). The fourth-order valence-corrected chi connectivity index (χ4v) is 3.24. The van der Waals surface area contributed by atoms with E-state index in [0.717, 1.165) is 0 Å². The zero-order valence-electron chi connectivity index (χ0n) is 12.2. The summed E-state index contributed by atoms with van der Waals surface area (Å²) in [4.78, 5) is 2.14. The molecule has 1 aliphatic heterocycles. The van der Waals surface area contributed by atoms with E-state index < -0.39 is 15.6 Å². The minimum absolute atomic E-state index is 0.238. The Hall–Kier alpha value is -0.680. The van der Waals surface area contributed by atoms with Crippen molar-refractivity contribution in [2.24, 2.45) is 0 Å². The van der Waals surface area contributed by atoms with Crippen molar-refractivity contribution in [3.8, 4) is 6.07 Å². The van der Waals surface area contributed by atoms with E-state index in [-0.39, 0.29) is 6.04 Å². The number of sulfonamides is 1. The number of hydrogen-bond acceptors (Lipinski definition) is 5. The van der Waals surface area contributed by atoms with Gasteiger partial charge in [0.1, 0.15) is 5.54 Å². The molecule has 0 saturated carbocycles. The molecule has 0 amide bonds. The molecule has 0 aromatic carbocycles. The molecule has 0 radical (unpaired) electrons. The molecule has 1 saturated heterocycles. The first-order valence-corrected chi connectivity index (χ1v) is 8.37. The van der Waals surface area contributed by atoms with Crippen LogP contribution in [0, 0.1) is 11.3 Å². The number of nitrogens with zero attached hydrogens (tertiary/aromatic N) is 3. The van der Waals surface area contributed by atoms with Gasteiger partial charge in [0.2, 0.25) is 10.0 Å². The van der Waals surface area contributed by atoms with Crippen LogP contribution in [0.5, 0.6) is 0 Å². The summed E-state index contributed by atoms with van der Waals surface area (Å²) in [5.41, 5.74) is -0.596. The van der Waals surface area contributed by atoms with Crippen molar-refractivity contribution in [3.05, 3.63) is 0 Å². The lowest BCUT2D eigenvalue weighted by atomic mass is 10.0. The highest BCUT2D eigenvalue weighted by Gasteiger charge is 2.30. The maximum absolute atomic E-state index is 11.4. The smallest absolute Gasteiger partial charge is 0.211 e. The molecule has 0 spiro atoms. The molecule has 1 unspecified atom stereocenters. The van der Waals surface area contributed by atoms with E-state index in [1.807, 2.05) is 20.8 Å². The van der Waals surface area contributed by atoms with Crippen LogP contribution in [0.2, 0.25) is 0 Å². The first kappa shape index (κ1) is 16.4. The lowest BCUT2D eigenvalue weighted by Crippen LogP contribution is -2.57. The highest BCUT2D eigenvalue weighted by molar-refractivity contribution is 7.88. The fraction of sp³-hybridized carbons (Fsp3) is 0.917. The van der Waals surface area contributed by atoms with Gasteiger partial charge in [0, 0.05) is 38.8 Å². The first-order valence-electron chi connectivity index (χ1n) is 6.53. The summed E-state index contributed by atoms with van der Waals surface area (Å²) in [6.07, 6.45) is 1.24. The van der Waals surface area contributed by atoms with Gasteiger partial charge in [-0.15, -0.1) is 0 Å². The summed E-state index contributed by atoms with van der Waals surface area (Å²) >= 11 is 0. The highest BCUT2D eigenvalue weighted by Crippen LogP contribution is 2.11. The molecule has 1 N–H and O–H groups in total. The van der Waals surface area contributed by atoms with Crippen molar-refractivity contribution in [3.63, 3.8) is 0 Å². The average molecular weight is 288 g/mol. The van der Waals surface area contributed by atoms with Crippen molar-refractivity contribution in [2.75, 3.05) is 39.0 Å². The molecular formula is C12H24N4O2S. The summed E-state index contributed by atoms with van der Waals surface area (Å²) in [7, 11) is -3.09. The van der Waals surface area contributed by atoms with Gasteiger partial charge in [0.25, 0.3) is 0 Å². The molecule has 1 heterocycles. The lowest BCUT2D eigenvalue weighted by Gasteiger charge is -2.37. The van der Waals surface area contributed by atoms with Crippen molar-refractivity contribution in [1.29, 1.82) is 5.26 Å². The Labute approximate surface area is 116 Å². The molecule has 110 valence electrons.